The van der Waals surface area contributed by atoms with E-state index in [1.54, 1.807) is 20.5 Å². The summed E-state index contributed by atoms with van der Waals surface area (Å²) in [6.45, 7) is 3.92. The summed E-state index contributed by atoms with van der Waals surface area (Å²) in [7, 11) is 1.82. The highest BCUT2D eigenvalue weighted by Crippen LogP contribution is 2.20. The molecule has 4 aromatic rings. The van der Waals surface area contributed by atoms with E-state index in [9.17, 15) is 4.79 Å². The molecule has 0 saturated heterocycles. The molecule has 0 aliphatic carbocycles. The van der Waals surface area contributed by atoms with Gasteiger partial charge in [0.1, 0.15) is 0 Å². The SMILES string of the molecule is Cc1nn(C)c(C)c1C(=O)NCc1nnc2ccc(-c3ccsc3)nn12. The van der Waals surface area contributed by atoms with Crippen LogP contribution in [0.25, 0.3) is 16.9 Å². The van der Waals surface area contributed by atoms with Crippen LogP contribution in [0.2, 0.25) is 0 Å². The Kier molecular flexibility index (Phi) is 4.00. The zero-order chi connectivity index (χ0) is 18.3. The minimum absolute atomic E-state index is 0.182. The molecule has 0 spiro atoms. The lowest BCUT2D eigenvalue weighted by Gasteiger charge is -2.05. The van der Waals surface area contributed by atoms with Crippen LogP contribution in [0.5, 0.6) is 0 Å². The van der Waals surface area contributed by atoms with Crippen LogP contribution in [0.3, 0.4) is 0 Å². The number of nitrogens with zero attached hydrogens (tertiary/aromatic N) is 6. The molecule has 0 atom stereocenters. The predicted molar refractivity (Wildman–Crippen MR) is 97.9 cm³/mol. The maximum Gasteiger partial charge on any atom is 0.255 e. The number of carbonyl (C=O) groups excluding carboxylic acids is 1. The van der Waals surface area contributed by atoms with E-state index in [4.69, 9.17) is 0 Å². The van der Waals surface area contributed by atoms with E-state index in [0.29, 0.717) is 22.7 Å². The Hall–Kier alpha value is -3.07. The molecule has 9 heteroatoms. The Morgan fingerprint density at radius 3 is 2.73 bits per heavy atom. The molecule has 0 fully saturated rings. The van der Waals surface area contributed by atoms with Gasteiger partial charge < -0.3 is 5.32 Å². The second-order valence-corrected chi connectivity index (χ2v) is 6.75. The Morgan fingerprint density at radius 2 is 2.04 bits per heavy atom. The van der Waals surface area contributed by atoms with Crippen molar-refractivity contribution in [1.29, 1.82) is 0 Å². The molecule has 4 heterocycles. The van der Waals surface area contributed by atoms with Crippen molar-refractivity contribution in [3.05, 3.63) is 51.7 Å². The highest BCUT2D eigenvalue weighted by Gasteiger charge is 2.18. The van der Waals surface area contributed by atoms with Crippen molar-refractivity contribution >= 4 is 22.9 Å². The second-order valence-electron chi connectivity index (χ2n) is 5.97. The van der Waals surface area contributed by atoms with E-state index in [1.807, 2.05) is 49.9 Å². The number of amides is 1. The van der Waals surface area contributed by atoms with Crippen molar-refractivity contribution in [2.45, 2.75) is 20.4 Å². The zero-order valence-corrected chi connectivity index (χ0v) is 15.4. The van der Waals surface area contributed by atoms with Crippen molar-refractivity contribution in [3.63, 3.8) is 0 Å². The third-order valence-electron chi connectivity index (χ3n) is 4.29. The van der Waals surface area contributed by atoms with Gasteiger partial charge in [-0.15, -0.1) is 10.2 Å². The van der Waals surface area contributed by atoms with Gasteiger partial charge in [-0.05, 0) is 37.4 Å². The summed E-state index contributed by atoms with van der Waals surface area (Å²) in [6.07, 6.45) is 0. The number of nitrogens with one attached hydrogen (secondary N) is 1. The predicted octanol–water partition coefficient (Wildman–Crippen LogP) is 2.13. The lowest BCUT2D eigenvalue weighted by atomic mass is 10.2. The molecule has 1 amide bonds. The third kappa shape index (κ3) is 2.76. The van der Waals surface area contributed by atoms with Gasteiger partial charge in [0.25, 0.3) is 5.91 Å². The summed E-state index contributed by atoms with van der Waals surface area (Å²) >= 11 is 1.62. The van der Waals surface area contributed by atoms with E-state index >= 15 is 0 Å². The Labute approximate surface area is 153 Å². The minimum Gasteiger partial charge on any atom is -0.345 e. The molecule has 0 radical (unpaired) electrons. The Balaban J connectivity index is 1.59. The first-order valence-electron chi connectivity index (χ1n) is 8.07. The monoisotopic (exact) mass is 367 g/mol. The zero-order valence-electron chi connectivity index (χ0n) is 14.6. The van der Waals surface area contributed by atoms with Crippen LogP contribution in [-0.2, 0) is 13.6 Å². The molecule has 0 aromatic carbocycles. The number of aryl methyl sites for hydroxylation is 2. The summed E-state index contributed by atoms with van der Waals surface area (Å²) in [4.78, 5) is 12.5. The second kappa shape index (κ2) is 6.34. The van der Waals surface area contributed by atoms with E-state index in [-0.39, 0.29) is 12.5 Å². The summed E-state index contributed by atoms with van der Waals surface area (Å²) < 4.78 is 3.36. The molecule has 4 rings (SSSR count). The molecular weight excluding hydrogens is 350 g/mol. The molecular formula is C17H17N7OS. The maximum atomic E-state index is 12.5. The number of hydrogen-bond acceptors (Lipinski definition) is 6. The lowest BCUT2D eigenvalue weighted by molar-refractivity contribution is 0.0948. The fourth-order valence-corrected chi connectivity index (χ4v) is 3.51. The van der Waals surface area contributed by atoms with E-state index in [1.165, 1.54) is 0 Å². The molecule has 4 aromatic heterocycles. The normalized spacial score (nSPS) is 11.2. The third-order valence-corrected chi connectivity index (χ3v) is 4.97. The fraction of sp³-hybridized carbons (Fsp3) is 0.235. The van der Waals surface area contributed by atoms with Gasteiger partial charge >= 0.3 is 0 Å². The summed E-state index contributed by atoms with van der Waals surface area (Å²) in [6, 6.07) is 5.79. The number of rotatable bonds is 4. The van der Waals surface area contributed by atoms with Gasteiger partial charge in [0.2, 0.25) is 0 Å². The van der Waals surface area contributed by atoms with Gasteiger partial charge in [-0.25, -0.2) is 0 Å². The maximum absolute atomic E-state index is 12.5. The molecule has 8 nitrogen and oxygen atoms in total. The Bertz CT molecular complexity index is 1090. The van der Waals surface area contributed by atoms with Crippen LogP contribution in [0, 0.1) is 13.8 Å². The van der Waals surface area contributed by atoms with Gasteiger partial charge in [0.15, 0.2) is 11.5 Å². The molecule has 0 aliphatic heterocycles. The molecule has 0 aliphatic rings. The molecule has 132 valence electrons. The largest absolute Gasteiger partial charge is 0.345 e. The van der Waals surface area contributed by atoms with E-state index < -0.39 is 0 Å². The number of thiophene rings is 1. The van der Waals surface area contributed by atoms with Crippen molar-refractivity contribution in [2.75, 3.05) is 0 Å². The average molecular weight is 367 g/mol. The topological polar surface area (TPSA) is 90.0 Å². The lowest BCUT2D eigenvalue weighted by Crippen LogP contribution is -2.25. The van der Waals surface area contributed by atoms with Crippen molar-refractivity contribution in [2.24, 2.45) is 7.05 Å². The van der Waals surface area contributed by atoms with Gasteiger partial charge in [0, 0.05) is 23.7 Å². The highest BCUT2D eigenvalue weighted by molar-refractivity contribution is 7.08. The first-order valence-corrected chi connectivity index (χ1v) is 9.01. The Morgan fingerprint density at radius 1 is 1.19 bits per heavy atom. The van der Waals surface area contributed by atoms with Gasteiger partial charge in [-0.1, -0.05) is 0 Å². The first kappa shape index (κ1) is 16.4. The van der Waals surface area contributed by atoms with Gasteiger partial charge in [-0.2, -0.15) is 26.0 Å². The van der Waals surface area contributed by atoms with Crippen molar-refractivity contribution in [3.8, 4) is 11.3 Å². The summed E-state index contributed by atoms with van der Waals surface area (Å²) in [5, 5.41) is 24.1. The van der Waals surface area contributed by atoms with E-state index in [2.05, 4.69) is 25.7 Å². The summed E-state index contributed by atoms with van der Waals surface area (Å²) in [5.41, 5.74) is 4.64. The van der Waals surface area contributed by atoms with Crippen molar-refractivity contribution < 1.29 is 4.79 Å². The number of fused-ring (bicyclic) bond motifs is 1. The smallest absolute Gasteiger partial charge is 0.255 e. The van der Waals surface area contributed by atoms with E-state index in [0.717, 1.165) is 17.0 Å². The van der Waals surface area contributed by atoms with Gasteiger partial charge in [0.05, 0.1) is 23.5 Å². The fourth-order valence-electron chi connectivity index (χ4n) is 2.86. The standard InChI is InChI=1S/C17H17N7OS/c1-10-16(11(2)23(3)21-10)17(25)18-8-15-20-19-14-5-4-13(22-24(14)15)12-6-7-26-9-12/h4-7,9H,8H2,1-3H3,(H,18,25). The number of carbonyl (C=O) groups is 1. The first-order chi connectivity index (χ1) is 12.5. The average Bonchev–Trinajstić information content (AvgIpc) is 3.33. The molecule has 26 heavy (non-hydrogen) atoms. The molecule has 0 unspecified atom stereocenters. The van der Waals surface area contributed by atoms with Crippen LogP contribution in [0.15, 0.2) is 29.0 Å². The number of aromatic nitrogens is 6. The van der Waals surface area contributed by atoms with Crippen molar-refractivity contribution in [1.82, 2.24) is 34.9 Å². The summed E-state index contributed by atoms with van der Waals surface area (Å²) in [5.74, 6) is 0.392. The molecule has 0 bridgehead atoms. The molecule has 1 N–H and O–H groups in total. The molecule has 0 saturated carbocycles. The van der Waals surface area contributed by atoms with Crippen LogP contribution >= 0.6 is 11.3 Å². The highest BCUT2D eigenvalue weighted by atomic mass is 32.1. The number of hydrogen-bond donors (Lipinski definition) is 1. The van der Waals surface area contributed by atoms with Crippen LogP contribution in [-0.4, -0.2) is 35.5 Å². The van der Waals surface area contributed by atoms with Crippen LogP contribution in [0.1, 0.15) is 27.6 Å². The minimum atomic E-state index is -0.182. The van der Waals surface area contributed by atoms with Crippen LogP contribution < -0.4 is 5.32 Å². The van der Waals surface area contributed by atoms with Crippen LogP contribution in [0.4, 0.5) is 0 Å². The van der Waals surface area contributed by atoms with Gasteiger partial charge in [-0.3, -0.25) is 9.48 Å². The quantitative estimate of drug-likeness (QED) is 0.597.